The Morgan fingerprint density at radius 3 is 3.13 bits per heavy atom. The molecule has 0 amide bonds. The second kappa shape index (κ2) is 7.57. The highest BCUT2D eigenvalue weighted by Crippen LogP contribution is 2.34. The molecule has 1 heterocycles. The second-order valence-corrected chi connectivity index (χ2v) is 5.40. The maximum atomic E-state index is 9.09. The Morgan fingerprint density at radius 1 is 1.73 bits per heavy atom. The van der Waals surface area contributed by atoms with Gasteiger partial charge in [0.15, 0.2) is 0 Å². The van der Waals surface area contributed by atoms with E-state index in [4.69, 9.17) is 9.39 Å². The van der Waals surface area contributed by atoms with Crippen LogP contribution in [0.5, 0.6) is 0 Å². The third-order valence-electron chi connectivity index (χ3n) is 2.65. The molecule has 5 heteroatoms. The largest absolute Gasteiger partial charge is 0.316 e. The fraction of sp³-hybridized carbons (Fsp3) is 0.800. The topological polar surface area (TPSA) is 41.5 Å². The average Bonchev–Trinajstić information content (AvgIpc) is 2.66. The third-order valence-corrected chi connectivity index (χ3v) is 4.59. The van der Waals surface area contributed by atoms with E-state index in [0.717, 1.165) is 25.2 Å². The van der Waals surface area contributed by atoms with Crippen LogP contribution in [-0.2, 0) is 4.18 Å². The Labute approximate surface area is 100 Å². The zero-order valence-electron chi connectivity index (χ0n) is 9.02. The maximum absolute atomic E-state index is 9.09. The molecule has 0 spiro atoms. The molecule has 1 aliphatic heterocycles. The van der Waals surface area contributed by atoms with Crippen LogP contribution in [0, 0.1) is 5.92 Å². The highest BCUT2D eigenvalue weighted by Gasteiger charge is 2.34. The van der Waals surface area contributed by atoms with Gasteiger partial charge in [-0.2, -0.15) is 11.8 Å². The molecule has 15 heavy (non-hydrogen) atoms. The summed E-state index contributed by atoms with van der Waals surface area (Å²) < 4.78 is 5.22. The van der Waals surface area contributed by atoms with Gasteiger partial charge >= 0.3 is 0 Å². The van der Waals surface area contributed by atoms with E-state index in [0.29, 0.717) is 11.2 Å². The van der Waals surface area contributed by atoms with Crippen LogP contribution >= 0.6 is 23.8 Å². The molecular formula is C10H19NO2S2. The molecule has 88 valence electrons. The number of rotatable bonds is 7. The van der Waals surface area contributed by atoms with E-state index in [9.17, 15) is 0 Å². The van der Waals surface area contributed by atoms with Gasteiger partial charge < -0.3 is 9.39 Å². The lowest BCUT2D eigenvalue weighted by Crippen LogP contribution is -2.37. The molecule has 0 aromatic carbocycles. The van der Waals surface area contributed by atoms with Gasteiger partial charge in [0.05, 0.1) is 12.6 Å². The summed E-state index contributed by atoms with van der Waals surface area (Å²) in [6, 6.07) is 0.154. The summed E-state index contributed by atoms with van der Waals surface area (Å²) in [5, 5.41) is 9.57. The molecule has 0 aromatic rings. The van der Waals surface area contributed by atoms with Crippen LogP contribution in [0.15, 0.2) is 12.7 Å². The van der Waals surface area contributed by atoms with Gasteiger partial charge in [-0.15, -0.1) is 6.58 Å². The molecule has 1 fully saturated rings. The molecule has 2 N–H and O–H groups in total. The van der Waals surface area contributed by atoms with Crippen molar-refractivity contribution in [1.29, 1.82) is 0 Å². The second-order valence-electron chi connectivity index (χ2n) is 3.56. The van der Waals surface area contributed by atoms with E-state index in [1.54, 1.807) is 0 Å². The van der Waals surface area contributed by atoms with Crippen molar-refractivity contribution < 1.29 is 9.39 Å². The number of nitrogens with one attached hydrogen (secondary N) is 1. The molecule has 1 rings (SSSR count). The minimum Gasteiger partial charge on any atom is -0.316 e. The Morgan fingerprint density at radius 2 is 2.53 bits per heavy atom. The van der Waals surface area contributed by atoms with Crippen LogP contribution < -0.4 is 5.48 Å². The van der Waals surface area contributed by atoms with Crippen LogP contribution in [0.4, 0.5) is 0 Å². The van der Waals surface area contributed by atoms with Gasteiger partial charge in [-0.3, -0.25) is 0 Å². The quantitative estimate of drug-likeness (QED) is 0.314. The van der Waals surface area contributed by atoms with Gasteiger partial charge in [-0.05, 0) is 24.9 Å². The summed E-state index contributed by atoms with van der Waals surface area (Å²) in [6.45, 7) is 4.58. The fourth-order valence-corrected chi connectivity index (χ4v) is 3.70. The van der Waals surface area contributed by atoms with Crippen molar-refractivity contribution in [1.82, 2.24) is 5.48 Å². The molecule has 0 aliphatic carbocycles. The van der Waals surface area contributed by atoms with Crippen LogP contribution in [-0.4, -0.2) is 35.1 Å². The van der Waals surface area contributed by atoms with Crippen molar-refractivity contribution in [3.63, 3.8) is 0 Å². The first-order valence-electron chi connectivity index (χ1n) is 5.12. The predicted octanol–water partition coefficient (Wildman–Crippen LogP) is 2.33. The van der Waals surface area contributed by atoms with Crippen molar-refractivity contribution in [3.05, 3.63) is 12.7 Å². The summed E-state index contributed by atoms with van der Waals surface area (Å²) in [5.74, 6) is 1.43. The van der Waals surface area contributed by atoms with Crippen LogP contribution in [0.3, 0.4) is 0 Å². The first-order valence-corrected chi connectivity index (χ1v) is 7.32. The van der Waals surface area contributed by atoms with Gasteiger partial charge in [0.25, 0.3) is 0 Å². The summed E-state index contributed by atoms with van der Waals surface area (Å²) in [5.41, 5.74) is 2.42. The normalized spacial score (nSPS) is 30.7. The van der Waals surface area contributed by atoms with Gasteiger partial charge in [0.1, 0.15) is 0 Å². The predicted molar refractivity (Wildman–Crippen MR) is 67.3 cm³/mol. The summed E-state index contributed by atoms with van der Waals surface area (Å²) in [6.07, 6.45) is 5.98. The van der Waals surface area contributed by atoms with E-state index in [2.05, 4.69) is 12.1 Å². The number of hydrogen-bond acceptors (Lipinski definition) is 5. The summed E-state index contributed by atoms with van der Waals surface area (Å²) in [4.78, 5) is 0. The molecule has 0 bridgehead atoms. The molecule has 3 unspecified atom stereocenters. The molecule has 1 aliphatic rings. The molecule has 0 radical (unpaired) electrons. The Balaban J connectivity index is 2.26. The smallest absolute Gasteiger partial charge is 0.0614 e. The first kappa shape index (κ1) is 13.4. The van der Waals surface area contributed by atoms with E-state index in [-0.39, 0.29) is 6.04 Å². The molecule has 0 saturated carbocycles. The molecular weight excluding hydrogens is 230 g/mol. The summed E-state index contributed by atoms with van der Waals surface area (Å²) >= 11 is 3.32. The summed E-state index contributed by atoms with van der Waals surface area (Å²) in [7, 11) is 0. The minimum atomic E-state index is 0.154. The van der Waals surface area contributed by atoms with Crippen molar-refractivity contribution in [3.8, 4) is 0 Å². The molecule has 3 nitrogen and oxygen atoms in total. The Bertz CT molecular complexity index is 192. The van der Waals surface area contributed by atoms with Crippen molar-refractivity contribution >= 4 is 23.8 Å². The first-order chi connectivity index (χ1) is 7.33. The Kier molecular flexibility index (Phi) is 6.76. The van der Waals surface area contributed by atoms with E-state index >= 15 is 0 Å². The van der Waals surface area contributed by atoms with Gasteiger partial charge in [0, 0.05) is 23.2 Å². The Hall–Kier alpha value is 0.320. The number of hydrogen-bond donors (Lipinski definition) is 2. The van der Waals surface area contributed by atoms with Crippen LogP contribution in [0.25, 0.3) is 0 Å². The van der Waals surface area contributed by atoms with E-state index in [1.807, 2.05) is 24.1 Å². The number of thioether (sulfide) groups is 1. The lowest BCUT2D eigenvalue weighted by molar-refractivity contribution is 0.111. The lowest BCUT2D eigenvalue weighted by Gasteiger charge is -2.20. The van der Waals surface area contributed by atoms with E-state index < -0.39 is 0 Å². The van der Waals surface area contributed by atoms with Crippen molar-refractivity contribution in [2.75, 3.05) is 18.6 Å². The van der Waals surface area contributed by atoms with E-state index in [1.165, 1.54) is 12.0 Å². The highest BCUT2D eigenvalue weighted by molar-refractivity contribution is 8.00. The third kappa shape index (κ3) is 4.00. The fourth-order valence-electron chi connectivity index (χ4n) is 1.80. The molecule has 3 atom stereocenters. The monoisotopic (exact) mass is 249 g/mol. The van der Waals surface area contributed by atoms with Crippen LogP contribution in [0.1, 0.15) is 12.8 Å². The van der Waals surface area contributed by atoms with Gasteiger partial charge in [0.2, 0.25) is 0 Å². The van der Waals surface area contributed by atoms with Gasteiger partial charge in [-0.1, -0.05) is 6.08 Å². The van der Waals surface area contributed by atoms with Crippen molar-refractivity contribution in [2.45, 2.75) is 24.1 Å². The number of hydroxylamine groups is 1. The molecule has 1 saturated heterocycles. The molecule has 0 aromatic heterocycles. The standard InChI is InChI=1S/C10H19NO2S2/c1-3-8-7-15-9(10(8)11-12)5-4-6-13-14-2/h3,8-12H,1,4-7H2,2H3. The maximum Gasteiger partial charge on any atom is 0.0614 e. The SMILES string of the molecule is C=CC1CSC(CCCOSC)C1NO. The zero-order valence-corrected chi connectivity index (χ0v) is 10.6. The highest BCUT2D eigenvalue weighted by atomic mass is 32.2. The van der Waals surface area contributed by atoms with Crippen LogP contribution in [0.2, 0.25) is 0 Å². The zero-order chi connectivity index (χ0) is 11.1. The average molecular weight is 249 g/mol. The lowest BCUT2D eigenvalue weighted by atomic mass is 9.97. The van der Waals surface area contributed by atoms with Gasteiger partial charge in [-0.25, -0.2) is 5.48 Å². The minimum absolute atomic E-state index is 0.154. The van der Waals surface area contributed by atoms with Crippen molar-refractivity contribution in [2.24, 2.45) is 5.92 Å².